The Bertz CT molecular complexity index is 336. The fourth-order valence-electron chi connectivity index (χ4n) is 1.06. The van der Waals surface area contributed by atoms with E-state index in [9.17, 15) is 26.7 Å². The lowest BCUT2D eigenvalue weighted by Gasteiger charge is -2.22. The normalized spacial score (nSPS) is 12.8. The van der Waals surface area contributed by atoms with Gasteiger partial charge in [-0.25, -0.2) is 0 Å². The van der Waals surface area contributed by atoms with Crippen LogP contribution in [0.4, 0.5) is 22.0 Å². The van der Waals surface area contributed by atoms with Crippen molar-refractivity contribution in [1.82, 2.24) is 0 Å². The molecule has 0 rings (SSSR count). The molecule has 0 aromatic carbocycles. The number of halogens is 5. The predicted molar refractivity (Wildman–Crippen MR) is 51.6 cm³/mol. The summed E-state index contributed by atoms with van der Waals surface area (Å²) in [5, 5.41) is 0. The van der Waals surface area contributed by atoms with Gasteiger partial charge < -0.3 is 9.47 Å². The molecule has 0 amide bonds. The standard InChI is InChI=1S/C10H11F5O3/c1-3-4-6(9(16)18-5-17-2)10(14,15)7(11)8(12)13/h3,6H,1,4-5H2,2H3. The fourth-order valence-corrected chi connectivity index (χ4v) is 1.06. The van der Waals surface area contributed by atoms with Crippen LogP contribution in [-0.4, -0.2) is 25.8 Å². The van der Waals surface area contributed by atoms with E-state index in [1.54, 1.807) is 0 Å². The molecule has 18 heavy (non-hydrogen) atoms. The number of hydrogen-bond donors (Lipinski definition) is 0. The Morgan fingerprint density at radius 3 is 2.33 bits per heavy atom. The molecular weight excluding hydrogens is 263 g/mol. The van der Waals surface area contributed by atoms with E-state index in [4.69, 9.17) is 0 Å². The van der Waals surface area contributed by atoms with Gasteiger partial charge in [-0.2, -0.15) is 22.0 Å². The number of ether oxygens (including phenoxy) is 2. The zero-order valence-corrected chi connectivity index (χ0v) is 9.39. The number of hydrogen-bond acceptors (Lipinski definition) is 3. The van der Waals surface area contributed by atoms with Gasteiger partial charge in [0, 0.05) is 7.11 Å². The fraction of sp³-hybridized carbons (Fsp3) is 0.500. The SMILES string of the molecule is C=CCC(C(=O)OCOC)C(F)(F)C(F)=C(F)F. The number of rotatable bonds is 7. The molecule has 0 spiro atoms. The van der Waals surface area contributed by atoms with Crippen LogP contribution in [0.1, 0.15) is 6.42 Å². The Labute approximate surface area is 99.9 Å². The largest absolute Gasteiger partial charge is 0.438 e. The Hall–Kier alpha value is -1.44. The number of esters is 1. The molecule has 0 saturated carbocycles. The summed E-state index contributed by atoms with van der Waals surface area (Å²) in [7, 11) is 1.12. The van der Waals surface area contributed by atoms with Gasteiger partial charge in [-0.3, -0.25) is 4.79 Å². The minimum atomic E-state index is -4.67. The second kappa shape index (κ2) is 7.10. The highest BCUT2D eigenvalue weighted by Crippen LogP contribution is 2.38. The monoisotopic (exact) mass is 274 g/mol. The van der Waals surface area contributed by atoms with Gasteiger partial charge in [0.1, 0.15) is 5.92 Å². The maximum atomic E-state index is 13.3. The van der Waals surface area contributed by atoms with E-state index in [0.29, 0.717) is 0 Å². The van der Waals surface area contributed by atoms with Gasteiger partial charge in [-0.1, -0.05) is 6.08 Å². The third kappa shape index (κ3) is 4.10. The Kier molecular flexibility index (Phi) is 6.53. The zero-order chi connectivity index (χ0) is 14.3. The first-order chi connectivity index (χ1) is 8.28. The molecule has 0 N–H and O–H groups in total. The summed E-state index contributed by atoms with van der Waals surface area (Å²) >= 11 is 0. The lowest BCUT2D eigenvalue weighted by atomic mass is 9.96. The first-order valence-electron chi connectivity index (χ1n) is 4.64. The van der Waals surface area contributed by atoms with Gasteiger partial charge in [0.15, 0.2) is 6.79 Å². The van der Waals surface area contributed by atoms with Crippen molar-refractivity contribution < 1.29 is 36.2 Å². The van der Waals surface area contributed by atoms with Gasteiger partial charge in [-0.15, -0.1) is 6.58 Å². The maximum absolute atomic E-state index is 13.3. The molecule has 1 atom stereocenters. The first-order valence-corrected chi connectivity index (χ1v) is 4.64. The molecule has 0 aromatic rings. The molecular formula is C10H11F5O3. The number of methoxy groups -OCH3 is 1. The Balaban J connectivity index is 5.15. The molecule has 3 nitrogen and oxygen atoms in total. The number of allylic oxidation sites excluding steroid dienone is 2. The van der Waals surface area contributed by atoms with E-state index in [2.05, 4.69) is 16.1 Å². The smallest absolute Gasteiger partial charge is 0.317 e. The lowest BCUT2D eigenvalue weighted by molar-refractivity contribution is -0.171. The lowest BCUT2D eigenvalue weighted by Crippen LogP contribution is -2.36. The van der Waals surface area contributed by atoms with Crippen molar-refractivity contribution in [3.8, 4) is 0 Å². The van der Waals surface area contributed by atoms with Crippen LogP contribution in [0.2, 0.25) is 0 Å². The van der Waals surface area contributed by atoms with Gasteiger partial charge in [0.05, 0.1) is 0 Å². The van der Waals surface area contributed by atoms with Crippen molar-refractivity contribution in [3.63, 3.8) is 0 Å². The molecule has 0 aliphatic rings. The molecule has 0 aliphatic carbocycles. The third-order valence-electron chi connectivity index (χ3n) is 1.90. The van der Waals surface area contributed by atoms with Crippen molar-refractivity contribution in [2.24, 2.45) is 5.92 Å². The number of carbonyl (C=O) groups is 1. The first kappa shape index (κ1) is 16.6. The van der Waals surface area contributed by atoms with Crippen molar-refractivity contribution in [1.29, 1.82) is 0 Å². The summed E-state index contributed by atoms with van der Waals surface area (Å²) in [6.45, 7) is 2.44. The second-order valence-electron chi connectivity index (χ2n) is 3.14. The zero-order valence-electron chi connectivity index (χ0n) is 9.39. The average molecular weight is 274 g/mol. The van der Waals surface area contributed by atoms with Crippen LogP contribution >= 0.6 is 0 Å². The number of alkyl halides is 2. The van der Waals surface area contributed by atoms with Crippen molar-refractivity contribution in [2.45, 2.75) is 12.3 Å². The van der Waals surface area contributed by atoms with Gasteiger partial charge in [-0.05, 0) is 6.42 Å². The second-order valence-corrected chi connectivity index (χ2v) is 3.14. The molecule has 0 heterocycles. The average Bonchev–Trinajstić information content (AvgIpc) is 2.31. The quantitative estimate of drug-likeness (QED) is 0.310. The van der Waals surface area contributed by atoms with Crippen LogP contribution in [-0.2, 0) is 14.3 Å². The Morgan fingerprint density at radius 1 is 1.39 bits per heavy atom. The van der Waals surface area contributed by atoms with Crippen LogP contribution in [0.25, 0.3) is 0 Å². The minimum Gasteiger partial charge on any atom is -0.438 e. The van der Waals surface area contributed by atoms with E-state index in [1.165, 1.54) is 0 Å². The van der Waals surface area contributed by atoms with Crippen LogP contribution in [0.3, 0.4) is 0 Å². The van der Waals surface area contributed by atoms with Crippen LogP contribution in [0.5, 0.6) is 0 Å². The minimum absolute atomic E-state index is 0.647. The van der Waals surface area contributed by atoms with Gasteiger partial charge >= 0.3 is 18.0 Å². The van der Waals surface area contributed by atoms with Crippen LogP contribution in [0, 0.1) is 5.92 Å². The van der Waals surface area contributed by atoms with Crippen molar-refractivity contribution in [2.75, 3.05) is 13.9 Å². The summed E-state index contributed by atoms with van der Waals surface area (Å²) in [6, 6.07) is 0. The molecule has 0 fully saturated rings. The summed E-state index contributed by atoms with van der Waals surface area (Å²) in [4.78, 5) is 11.2. The molecule has 0 aromatic heterocycles. The topological polar surface area (TPSA) is 35.5 Å². The summed E-state index contributed by atoms with van der Waals surface area (Å²) in [5.41, 5.74) is 0. The maximum Gasteiger partial charge on any atom is 0.317 e. The van der Waals surface area contributed by atoms with E-state index in [1.807, 2.05) is 0 Å². The van der Waals surface area contributed by atoms with E-state index in [-0.39, 0.29) is 0 Å². The summed E-state index contributed by atoms with van der Waals surface area (Å²) in [6.07, 6.45) is -3.04. The van der Waals surface area contributed by atoms with E-state index in [0.717, 1.165) is 13.2 Å². The highest BCUT2D eigenvalue weighted by atomic mass is 19.3. The van der Waals surface area contributed by atoms with Crippen LogP contribution in [0.15, 0.2) is 24.6 Å². The molecule has 0 bridgehead atoms. The number of carbonyl (C=O) groups excluding carboxylic acids is 1. The molecule has 1 unspecified atom stereocenters. The molecule has 104 valence electrons. The highest BCUT2D eigenvalue weighted by molar-refractivity contribution is 5.74. The highest BCUT2D eigenvalue weighted by Gasteiger charge is 2.51. The molecule has 0 saturated heterocycles. The molecule has 0 radical (unpaired) electrons. The van der Waals surface area contributed by atoms with Crippen LogP contribution < -0.4 is 0 Å². The van der Waals surface area contributed by atoms with Gasteiger partial charge in [0.25, 0.3) is 0 Å². The van der Waals surface area contributed by atoms with E-state index >= 15 is 0 Å². The molecule has 8 heteroatoms. The predicted octanol–water partition coefficient (Wildman–Crippen LogP) is 3.04. The molecule has 0 aliphatic heterocycles. The summed E-state index contributed by atoms with van der Waals surface area (Å²) < 4.78 is 71.5. The van der Waals surface area contributed by atoms with Crippen molar-refractivity contribution >= 4 is 5.97 Å². The van der Waals surface area contributed by atoms with Gasteiger partial charge in [0.2, 0.25) is 5.83 Å². The third-order valence-corrected chi connectivity index (χ3v) is 1.90. The van der Waals surface area contributed by atoms with Crippen molar-refractivity contribution in [3.05, 3.63) is 24.6 Å². The Morgan fingerprint density at radius 2 is 1.94 bits per heavy atom. The van der Waals surface area contributed by atoms with E-state index < -0.39 is 42.9 Å². The summed E-state index contributed by atoms with van der Waals surface area (Å²) in [5.74, 6) is -11.6.